The third-order valence-corrected chi connectivity index (χ3v) is 4.05. The van der Waals surface area contributed by atoms with Gasteiger partial charge >= 0.3 is 5.97 Å². The zero-order chi connectivity index (χ0) is 16.8. The quantitative estimate of drug-likeness (QED) is 0.495. The van der Waals surface area contributed by atoms with Crippen LogP contribution in [0.5, 0.6) is 5.75 Å². The number of aromatic nitrogens is 2. The SMILES string of the molecule is COC(=O)Cc1cc(=O)[nH]c(SCc2cc(C)ccc2OC)n1. The summed E-state index contributed by atoms with van der Waals surface area (Å²) in [5, 5.41) is 0.458. The molecule has 6 nitrogen and oxygen atoms in total. The van der Waals surface area contributed by atoms with Gasteiger partial charge in [0.2, 0.25) is 0 Å². The summed E-state index contributed by atoms with van der Waals surface area (Å²) in [5.41, 5.74) is 2.23. The number of esters is 1. The van der Waals surface area contributed by atoms with Crippen molar-refractivity contribution in [2.45, 2.75) is 24.3 Å². The highest BCUT2D eigenvalue weighted by atomic mass is 32.2. The van der Waals surface area contributed by atoms with Crippen LogP contribution in [0.15, 0.2) is 34.2 Å². The number of methoxy groups -OCH3 is 2. The lowest BCUT2D eigenvalue weighted by molar-refractivity contribution is -0.139. The van der Waals surface area contributed by atoms with Gasteiger partial charge in [0.05, 0.1) is 26.3 Å². The van der Waals surface area contributed by atoms with Gasteiger partial charge in [0.25, 0.3) is 5.56 Å². The summed E-state index contributed by atoms with van der Waals surface area (Å²) >= 11 is 1.38. The summed E-state index contributed by atoms with van der Waals surface area (Å²) in [4.78, 5) is 29.9. The molecule has 0 aliphatic rings. The lowest BCUT2D eigenvalue weighted by atomic mass is 10.1. The lowest BCUT2D eigenvalue weighted by Gasteiger charge is -2.09. The van der Waals surface area contributed by atoms with Crippen molar-refractivity contribution in [3.63, 3.8) is 0 Å². The second-order valence-corrected chi connectivity index (χ2v) is 5.86. The molecule has 1 aromatic heterocycles. The molecule has 1 N–H and O–H groups in total. The molecule has 1 heterocycles. The Morgan fingerprint density at radius 2 is 2.09 bits per heavy atom. The van der Waals surface area contributed by atoms with Gasteiger partial charge in [-0.05, 0) is 13.0 Å². The van der Waals surface area contributed by atoms with Crippen LogP contribution in [0.4, 0.5) is 0 Å². The molecule has 0 amide bonds. The van der Waals surface area contributed by atoms with E-state index < -0.39 is 5.97 Å². The minimum Gasteiger partial charge on any atom is -0.496 e. The van der Waals surface area contributed by atoms with E-state index in [-0.39, 0.29) is 12.0 Å². The van der Waals surface area contributed by atoms with E-state index in [1.807, 2.05) is 25.1 Å². The minimum absolute atomic E-state index is 0.0260. The molecule has 0 aliphatic carbocycles. The Morgan fingerprint density at radius 3 is 2.78 bits per heavy atom. The second-order valence-electron chi connectivity index (χ2n) is 4.90. The molecule has 0 saturated heterocycles. The van der Waals surface area contributed by atoms with Crippen molar-refractivity contribution in [1.82, 2.24) is 9.97 Å². The van der Waals surface area contributed by atoms with Crippen LogP contribution in [-0.2, 0) is 21.7 Å². The molecule has 0 fully saturated rings. The van der Waals surface area contributed by atoms with Crippen LogP contribution in [-0.4, -0.2) is 30.2 Å². The van der Waals surface area contributed by atoms with Crippen LogP contribution in [0.1, 0.15) is 16.8 Å². The molecule has 0 aliphatic heterocycles. The first-order valence-electron chi connectivity index (χ1n) is 6.95. The van der Waals surface area contributed by atoms with Gasteiger partial charge in [0.1, 0.15) is 5.75 Å². The molecule has 1 aromatic carbocycles. The molecule has 0 radical (unpaired) electrons. The first-order valence-corrected chi connectivity index (χ1v) is 7.93. The van der Waals surface area contributed by atoms with Crippen molar-refractivity contribution in [2.75, 3.05) is 14.2 Å². The van der Waals surface area contributed by atoms with Gasteiger partial charge in [-0.1, -0.05) is 29.5 Å². The minimum atomic E-state index is -0.431. The molecule has 0 saturated carbocycles. The number of rotatable bonds is 6. The van der Waals surface area contributed by atoms with E-state index in [2.05, 4.69) is 14.7 Å². The van der Waals surface area contributed by atoms with E-state index in [9.17, 15) is 9.59 Å². The van der Waals surface area contributed by atoms with E-state index in [0.717, 1.165) is 16.9 Å². The monoisotopic (exact) mass is 334 g/mol. The Labute approximate surface area is 138 Å². The number of aromatic amines is 1. The van der Waals surface area contributed by atoms with Crippen LogP contribution >= 0.6 is 11.8 Å². The highest BCUT2D eigenvalue weighted by Gasteiger charge is 2.09. The molecule has 0 spiro atoms. The van der Waals surface area contributed by atoms with E-state index in [1.54, 1.807) is 7.11 Å². The van der Waals surface area contributed by atoms with Crippen LogP contribution in [0.2, 0.25) is 0 Å². The molecule has 2 rings (SSSR count). The fraction of sp³-hybridized carbons (Fsp3) is 0.312. The van der Waals surface area contributed by atoms with E-state index in [1.165, 1.54) is 24.9 Å². The summed E-state index contributed by atoms with van der Waals surface area (Å²) in [6.07, 6.45) is -0.0260. The average molecular weight is 334 g/mol. The maximum absolute atomic E-state index is 11.7. The summed E-state index contributed by atoms with van der Waals surface area (Å²) in [6, 6.07) is 7.22. The normalized spacial score (nSPS) is 10.4. The van der Waals surface area contributed by atoms with Gasteiger partial charge in [-0.15, -0.1) is 0 Å². The number of carbonyl (C=O) groups is 1. The van der Waals surface area contributed by atoms with Crippen molar-refractivity contribution < 1.29 is 14.3 Å². The number of hydrogen-bond acceptors (Lipinski definition) is 6. The predicted octanol–water partition coefficient (Wildman–Crippen LogP) is 2.09. The predicted molar refractivity (Wildman–Crippen MR) is 87.9 cm³/mol. The maximum Gasteiger partial charge on any atom is 0.311 e. The first kappa shape index (κ1) is 17.1. The largest absolute Gasteiger partial charge is 0.496 e. The van der Waals surface area contributed by atoms with Crippen molar-refractivity contribution in [1.29, 1.82) is 0 Å². The Morgan fingerprint density at radius 1 is 1.30 bits per heavy atom. The van der Waals surface area contributed by atoms with Gasteiger partial charge < -0.3 is 14.5 Å². The molecule has 0 atom stereocenters. The van der Waals surface area contributed by atoms with Crippen LogP contribution in [0, 0.1) is 6.92 Å². The molecule has 7 heteroatoms. The van der Waals surface area contributed by atoms with Crippen LogP contribution < -0.4 is 10.3 Å². The summed E-state index contributed by atoms with van der Waals surface area (Å²) < 4.78 is 9.93. The third kappa shape index (κ3) is 4.85. The number of ether oxygens (including phenoxy) is 2. The highest BCUT2D eigenvalue weighted by molar-refractivity contribution is 7.98. The van der Waals surface area contributed by atoms with Crippen molar-refractivity contribution in [3.05, 3.63) is 51.4 Å². The number of nitrogens with one attached hydrogen (secondary N) is 1. The van der Waals surface area contributed by atoms with E-state index in [0.29, 0.717) is 16.6 Å². The zero-order valence-corrected chi connectivity index (χ0v) is 14.0. The van der Waals surface area contributed by atoms with Gasteiger partial charge in [-0.2, -0.15) is 0 Å². The fourth-order valence-corrected chi connectivity index (χ4v) is 2.90. The number of nitrogens with zero attached hydrogens (tertiary/aromatic N) is 1. The summed E-state index contributed by atoms with van der Waals surface area (Å²) in [5.74, 6) is 0.950. The molecular weight excluding hydrogens is 316 g/mol. The first-order chi connectivity index (χ1) is 11.0. The summed E-state index contributed by atoms with van der Waals surface area (Å²) in [7, 11) is 2.92. The van der Waals surface area contributed by atoms with Crippen molar-refractivity contribution >= 4 is 17.7 Å². The van der Waals surface area contributed by atoms with Gasteiger partial charge in [0, 0.05) is 17.4 Å². The number of thioether (sulfide) groups is 1. The van der Waals surface area contributed by atoms with E-state index >= 15 is 0 Å². The van der Waals surface area contributed by atoms with Crippen LogP contribution in [0.25, 0.3) is 0 Å². The Hall–Kier alpha value is -2.28. The molecule has 122 valence electrons. The fourth-order valence-electron chi connectivity index (χ4n) is 2.03. The zero-order valence-electron chi connectivity index (χ0n) is 13.2. The Kier molecular flexibility index (Phi) is 5.81. The standard InChI is InChI=1S/C16H18N2O4S/c1-10-4-5-13(21-2)11(6-10)9-23-16-17-12(7-14(19)18-16)8-15(20)22-3/h4-7H,8-9H2,1-3H3,(H,17,18,19). The molecule has 0 unspecified atom stereocenters. The van der Waals surface area contributed by atoms with Crippen molar-refractivity contribution in [3.8, 4) is 5.75 Å². The maximum atomic E-state index is 11.7. The van der Waals surface area contributed by atoms with Crippen LogP contribution in [0.3, 0.4) is 0 Å². The highest BCUT2D eigenvalue weighted by Crippen LogP contribution is 2.26. The smallest absolute Gasteiger partial charge is 0.311 e. The number of carbonyl (C=O) groups excluding carboxylic acids is 1. The Balaban J connectivity index is 2.16. The Bertz CT molecular complexity index is 758. The van der Waals surface area contributed by atoms with Crippen molar-refractivity contribution in [2.24, 2.45) is 0 Å². The molecular formula is C16H18N2O4S. The van der Waals surface area contributed by atoms with Gasteiger partial charge in [-0.25, -0.2) is 4.98 Å². The number of H-pyrrole nitrogens is 1. The molecule has 23 heavy (non-hydrogen) atoms. The summed E-state index contributed by atoms with van der Waals surface area (Å²) in [6.45, 7) is 2.00. The lowest BCUT2D eigenvalue weighted by Crippen LogP contribution is -2.13. The number of hydrogen-bond donors (Lipinski definition) is 1. The molecule has 0 bridgehead atoms. The average Bonchev–Trinajstić information content (AvgIpc) is 2.52. The number of aryl methyl sites for hydroxylation is 1. The number of benzene rings is 1. The molecule has 2 aromatic rings. The van der Waals surface area contributed by atoms with E-state index in [4.69, 9.17) is 4.74 Å². The second kappa shape index (κ2) is 7.82. The van der Waals surface area contributed by atoms with Gasteiger partial charge in [-0.3, -0.25) is 9.59 Å². The third-order valence-electron chi connectivity index (χ3n) is 3.13. The topological polar surface area (TPSA) is 81.3 Å². The van der Waals surface area contributed by atoms with Gasteiger partial charge in [0.15, 0.2) is 5.16 Å².